The van der Waals surface area contributed by atoms with Gasteiger partial charge in [-0.15, -0.1) is 11.3 Å². The average molecular weight is 455 g/mol. The largest absolute Gasteiger partial charge is 0.493 e. The van der Waals surface area contributed by atoms with Crippen LogP contribution in [0.5, 0.6) is 5.75 Å². The molecule has 160 valence electrons. The van der Waals surface area contributed by atoms with Crippen LogP contribution in [-0.4, -0.2) is 23.8 Å². The van der Waals surface area contributed by atoms with Crippen LogP contribution in [0, 0.1) is 0 Å². The Balaban J connectivity index is 1.93. The number of carbonyl (C=O) groups is 1. The van der Waals surface area contributed by atoms with Gasteiger partial charge in [0.1, 0.15) is 11.8 Å². The van der Waals surface area contributed by atoms with Crippen LogP contribution < -0.4 is 19.6 Å². The topological polar surface area (TPSA) is 69.9 Å². The molecule has 0 unspecified atom stereocenters. The molecule has 0 amide bonds. The molecule has 1 aliphatic heterocycles. The number of aromatic nitrogens is 1. The Hall–Kier alpha value is -2.97. The normalized spacial score (nSPS) is 16.1. The second kappa shape index (κ2) is 9.03. The highest BCUT2D eigenvalue weighted by Crippen LogP contribution is 2.33. The number of benzene rings is 1. The van der Waals surface area contributed by atoms with E-state index < -0.39 is 12.0 Å². The maximum atomic E-state index is 13.5. The van der Waals surface area contributed by atoms with Gasteiger partial charge >= 0.3 is 5.97 Å². The van der Waals surface area contributed by atoms with Gasteiger partial charge in [-0.05, 0) is 44.4 Å². The number of fused-ring (bicyclic) bond motifs is 1. The molecular weight excluding hydrogens is 432 g/mol. The molecule has 0 fully saturated rings. The number of para-hydroxylation sites is 1. The molecule has 2 aromatic heterocycles. The fourth-order valence-corrected chi connectivity index (χ4v) is 5.40. The number of thiophene rings is 1. The lowest BCUT2D eigenvalue weighted by Crippen LogP contribution is -2.39. The van der Waals surface area contributed by atoms with E-state index in [0.29, 0.717) is 33.0 Å². The fourth-order valence-electron chi connectivity index (χ4n) is 3.54. The number of hydrogen-bond donors (Lipinski definition) is 0. The Bertz CT molecular complexity index is 1320. The van der Waals surface area contributed by atoms with Crippen molar-refractivity contribution in [2.75, 3.05) is 13.2 Å². The molecule has 4 rings (SSSR count). The first-order chi connectivity index (χ1) is 15.0. The van der Waals surface area contributed by atoms with E-state index in [1.807, 2.05) is 54.8 Å². The number of esters is 1. The SMILES string of the molecule is CCOC(=O)C1=C(C)N=c2s/c(=C\c3ccccc3OCC)c(=O)n2[C@@H]1c1cccs1. The first kappa shape index (κ1) is 21.3. The second-order valence-electron chi connectivity index (χ2n) is 6.79. The van der Waals surface area contributed by atoms with Gasteiger partial charge in [-0.1, -0.05) is 35.6 Å². The van der Waals surface area contributed by atoms with Gasteiger partial charge in [0.05, 0.1) is 29.0 Å². The van der Waals surface area contributed by atoms with Crippen LogP contribution in [0.15, 0.2) is 62.8 Å². The standard InChI is InChI=1S/C23H22N2O4S2/c1-4-28-16-10-7-6-9-15(16)13-18-21(26)25-20(17-11-8-12-30-17)19(22(27)29-5-2)14(3)24-23(25)31-18/h6-13,20H,4-5H2,1-3H3/b18-13-/t20-/m1/s1. The summed E-state index contributed by atoms with van der Waals surface area (Å²) in [6.45, 7) is 6.26. The van der Waals surface area contributed by atoms with Gasteiger partial charge in [0, 0.05) is 10.4 Å². The van der Waals surface area contributed by atoms with Crippen molar-refractivity contribution in [1.82, 2.24) is 4.57 Å². The number of ether oxygens (including phenoxy) is 2. The van der Waals surface area contributed by atoms with Crippen molar-refractivity contribution in [2.45, 2.75) is 26.8 Å². The van der Waals surface area contributed by atoms with Crippen LogP contribution in [0.1, 0.15) is 37.3 Å². The molecule has 6 nitrogen and oxygen atoms in total. The van der Waals surface area contributed by atoms with Crippen LogP contribution in [0.3, 0.4) is 0 Å². The highest BCUT2D eigenvalue weighted by molar-refractivity contribution is 7.10. The predicted octanol–water partition coefficient (Wildman–Crippen LogP) is 3.26. The summed E-state index contributed by atoms with van der Waals surface area (Å²) in [6.07, 6.45) is 1.82. The van der Waals surface area contributed by atoms with Crippen molar-refractivity contribution in [3.8, 4) is 5.75 Å². The molecule has 0 aliphatic carbocycles. The van der Waals surface area contributed by atoms with Crippen molar-refractivity contribution in [3.05, 3.63) is 83.2 Å². The molecule has 8 heteroatoms. The van der Waals surface area contributed by atoms with Crippen LogP contribution in [0.2, 0.25) is 0 Å². The Morgan fingerprint density at radius 3 is 2.71 bits per heavy atom. The molecule has 0 radical (unpaired) electrons. The van der Waals surface area contributed by atoms with Crippen molar-refractivity contribution in [2.24, 2.45) is 4.99 Å². The van der Waals surface area contributed by atoms with Crippen molar-refractivity contribution in [1.29, 1.82) is 0 Å². The third-order valence-electron chi connectivity index (χ3n) is 4.84. The summed E-state index contributed by atoms with van der Waals surface area (Å²) in [4.78, 5) is 32.3. The highest BCUT2D eigenvalue weighted by atomic mass is 32.1. The Morgan fingerprint density at radius 2 is 2.00 bits per heavy atom. The molecule has 0 saturated heterocycles. The van der Waals surface area contributed by atoms with Gasteiger partial charge in [0.2, 0.25) is 0 Å². The van der Waals surface area contributed by atoms with E-state index in [-0.39, 0.29) is 12.2 Å². The van der Waals surface area contributed by atoms with Gasteiger partial charge in [0.15, 0.2) is 4.80 Å². The average Bonchev–Trinajstić information content (AvgIpc) is 3.38. The molecule has 3 heterocycles. The minimum Gasteiger partial charge on any atom is -0.493 e. The Kier molecular flexibility index (Phi) is 6.20. The van der Waals surface area contributed by atoms with Crippen molar-refractivity contribution < 1.29 is 14.3 Å². The van der Waals surface area contributed by atoms with Crippen LogP contribution >= 0.6 is 22.7 Å². The lowest BCUT2D eigenvalue weighted by Gasteiger charge is -2.23. The molecule has 0 spiro atoms. The number of carbonyl (C=O) groups excluding carboxylic acids is 1. The maximum Gasteiger partial charge on any atom is 0.338 e. The van der Waals surface area contributed by atoms with Gasteiger partial charge in [-0.3, -0.25) is 9.36 Å². The number of hydrogen-bond acceptors (Lipinski definition) is 7. The number of thiazole rings is 1. The van der Waals surface area contributed by atoms with Gasteiger partial charge in [-0.25, -0.2) is 9.79 Å². The zero-order valence-corrected chi connectivity index (χ0v) is 19.1. The Labute approximate surface area is 187 Å². The molecule has 1 aliphatic rings. The van der Waals surface area contributed by atoms with E-state index in [4.69, 9.17) is 9.47 Å². The summed E-state index contributed by atoms with van der Waals surface area (Å²) in [7, 11) is 0. The second-order valence-corrected chi connectivity index (χ2v) is 8.78. The van der Waals surface area contributed by atoms with Crippen molar-refractivity contribution >= 4 is 34.7 Å². The van der Waals surface area contributed by atoms with E-state index in [1.165, 1.54) is 22.7 Å². The fraction of sp³-hybridized carbons (Fsp3) is 0.261. The molecule has 0 saturated carbocycles. The zero-order valence-electron chi connectivity index (χ0n) is 17.5. The molecule has 0 bridgehead atoms. The smallest absolute Gasteiger partial charge is 0.338 e. The summed E-state index contributed by atoms with van der Waals surface area (Å²) >= 11 is 2.80. The van der Waals surface area contributed by atoms with Crippen LogP contribution in [0.4, 0.5) is 0 Å². The summed E-state index contributed by atoms with van der Waals surface area (Å²) < 4.78 is 13.1. The Morgan fingerprint density at radius 1 is 1.19 bits per heavy atom. The highest BCUT2D eigenvalue weighted by Gasteiger charge is 2.33. The van der Waals surface area contributed by atoms with Crippen LogP contribution in [-0.2, 0) is 9.53 Å². The van der Waals surface area contributed by atoms with E-state index in [1.54, 1.807) is 18.4 Å². The quantitative estimate of drug-likeness (QED) is 0.536. The number of nitrogens with zero attached hydrogens (tertiary/aromatic N) is 2. The first-order valence-electron chi connectivity index (χ1n) is 10.00. The molecule has 0 N–H and O–H groups in total. The maximum absolute atomic E-state index is 13.5. The van der Waals surface area contributed by atoms with Crippen LogP contribution in [0.25, 0.3) is 6.08 Å². The minimum atomic E-state index is -0.556. The summed E-state index contributed by atoms with van der Waals surface area (Å²) in [6, 6.07) is 10.9. The molecule has 3 aromatic rings. The summed E-state index contributed by atoms with van der Waals surface area (Å²) in [5.41, 5.74) is 1.60. The predicted molar refractivity (Wildman–Crippen MR) is 122 cm³/mol. The van der Waals surface area contributed by atoms with E-state index >= 15 is 0 Å². The lowest BCUT2D eigenvalue weighted by molar-refractivity contribution is -0.139. The monoisotopic (exact) mass is 454 g/mol. The van der Waals surface area contributed by atoms with E-state index in [9.17, 15) is 9.59 Å². The first-order valence-corrected chi connectivity index (χ1v) is 11.7. The zero-order chi connectivity index (χ0) is 22.0. The number of rotatable bonds is 6. The third-order valence-corrected chi connectivity index (χ3v) is 6.74. The molecule has 1 aromatic carbocycles. The van der Waals surface area contributed by atoms with Gasteiger partial charge in [-0.2, -0.15) is 0 Å². The van der Waals surface area contributed by atoms with Gasteiger partial charge < -0.3 is 9.47 Å². The summed E-state index contributed by atoms with van der Waals surface area (Å²) in [5, 5.41) is 1.93. The lowest BCUT2D eigenvalue weighted by atomic mass is 10.0. The van der Waals surface area contributed by atoms with E-state index in [2.05, 4.69) is 4.99 Å². The molecule has 31 heavy (non-hydrogen) atoms. The number of allylic oxidation sites excluding steroid dienone is 1. The van der Waals surface area contributed by atoms with E-state index in [0.717, 1.165) is 10.4 Å². The molecular formula is C23H22N2O4S2. The summed E-state index contributed by atoms with van der Waals surface area (Å²) in [5.74, 6) is 0.271. The van der Waals surface area contributed by atoms with Gasteiger partial charge in [0.25, 0.3) is 5.56 Å². The minimum absolute atomic E-state index is 0.192. The van der Waals surface area contributed by atoms with Crippen molar-refractivity contribution in [3.63, 3.8) is 0 Å². The third kappa shape index (κ3) is 4.00. The molecule has 1 atom stereocenters.